The van der Waals surface area contributed by atoms with E-state index < -0.39 is 41.7 Å². The van der Waals surface area contributed by atoms with Crippen LogP contribution >= 0.6 is 23.2 Å². The quantitative estimate of drug-likeness (QED) is 0.411. The number of ether oxygens (including phenoxy) is 1. The van der Waals surface area contributed by atoms with E-state index >= 15 is 0 Å². The number of halogens is 2. The molecule has 0 aliphatic heterocycles. The number of ketones is 1. The molecule has 5 rings (SSSR count). The first-order valence-corrected chi connectivity index (χ1v) is 12.7. The highest BCUT2D eigenvalue weighted by Crippen LogP contribution is 2.71. The van der Waals surface area contributed by atoms with Crippen LogP contribution in [0.15, 0.2) is 41.5 Å². The number of fused-ring (bicyclic) bond motifs is 3. The van der Waals surface area contributed by atoms with E-state index in [0.717, 1.165) is 0 Å². The smallest absolute Gasteiger partial charge is 0.341 e. The Kier molecular flexibility index (Phi) is 5.63. The van der Waals surface area contributed by atoms with Crippen LogP contribution in [0.1, 0.15) is 44.5 Å². The summed E-state index contributed by atoms with van der Waals surface area (Å²) in [6.07, 6.45) is 1.03. The summed E-state index contributed by atoms with van der Waals surface area (Å²) in [7, 11) is 0. The zero-order valence-corrected chi connectivity index (χ0v) is 21.6. The molecule has 188 valence electrons. The molecule has 8 heteroatoms. The number of aliphatic hydroxyl groups excluding tert-OH is 2. The van der Waals surface area contributed by atoms with Crippen molar-refractivity contribution in [3.05, 3.63) is 57.1 Å². The molecule has 1 aromatic rings. The number of benzene rings is 1. The molecule has 0 unspecified atom stereocenters. The van der Waals surface area contributed by atoms with Crippen LogP contribution in [0.2, 0.25) is 10.0 Å². The molecule has 1 aromatic carbocycles. The Labute approximate surface area is 214 Å². The maximum Gasteiger partial charge on any atom is 0.341 e. The van der Waals surface area contributed by atoms with E-state index in [-0.39, 0.29) is 50.1 Å². The number of hydrogen-bond acceptors (Lipinski definition) is 6. The summed E-state index contributed by atoms with van der Waals surface area (Å²) in [4.78, 5) is 27.6. The van der Waals surface area contributed by atoms with Crippen LogP contribution in [0.4, 0.5) is 0 Å². The lowest BCUT2D eigenvalue weighted by molar-refractivity contribution is -0.190. The lowest BCUT2D eigenvalue weighted by Crippen LogP contribution is -2.65. The molecule has 1 spiro atoms. The fourth-order valence-corrected chi connectivity index (χ4v) is 8.00. The van der Waals surface area contributed by atoms with E-state index in [1.165, 1.54) is 12.1 Å². The number of esters is 1. The summed E-state index contributed by atoms with van der Waals surface area (Å²) in [6, 6.07) is 4.59. The van der Waals surface area contributed by atoms with Crippen LogP contribution in [-0.2, 0) is 9.53 Å². The monoisotopic (exact) mass is 520 g/mol. The highest BCUT2D eigenvalue weighted by Gasteiger charge is 2.76. The predicted molar refractivity (Wildman–Crippen MR) is 131 cm³/mol. The zero-order chi connectivity index (χ0) is 25.7. The Hall–Kier alpha value is -1.70. The third-order valence-corrected chi connectivity index (χ3v) is 9.92. The summed E-state index contributed by atoms with van der Waals surface area (Å²) in [5.74, 6) is -1.68. The van der Waals surface area contributed by atoms with Gasteiger partial charge in [-0.3, -0.25) is 4.79 Å². The molecule has 0 heterocycles. The molecule has 2 fully saturated rings. The first-order valence-electron chi connectivity index (χ1n) is 11.9. The van der Waals surface area contributed by atoms with E-state index in [1.807, 2.05) is 6.92 Å². The van der Waals surface area contributed by atoms with Gasteiger partial charge in [0.2, 0.25) is 0 Å². The van der Waals surface area contributed by atoms with Crippen molar-refractivity contribution in [3.63, 3.8) is 0 Å². The van der Waals surface area contributed by atoms with Crippen molar-refractivity contribution in [3.8, 4) is 0 Å². The Balaban J connectivity index is 1.65. The Morgan fingerprint density at radius 2 is 1.86 bits per heavy atom. The minimum absolute atomic E-state index is 0.0464. The molecule has 4 aliphatic carbocycles. The highest BCUT2D eigenvalue weighted by atomic mass is 35.5. The largest absolute Gasteiger partial charge is 0.451 e. The van der Waals surface area contributed by atoms with Crippen LogP contribution in [0.3, 0.4) is 0 Å². The molecular formula is C27H30Cl2O6. The van der Waals surface area contributed by atoms with E-state index in [0.29, 0.717) is 12.0 Å². The van der Waals surface area contributed by atoms with E-state index in [2.05, 4.69) is 13.8 Å². The van der Waals surface area contributed by atoms with Gasteiger partial charge in [-0.2, -0.15) is 0 Å². The summed E-state index contributed by atoms with van der Waals surface area (Å²) >= 11 is 12.4. The maximum absolute atomic E-state index is 14.3. The van der Waals surface area contributed by atoms with Crippen molar-refractivity contribution in [2.24, 2.45) is 34.5 Å². The maximum atomic E-state index is 14.3. The summed E-state index contributed by atoms with van der Waals surface area (Å²) in [5, 5.41) is 34.3. The molecule has 4 aliphatic rings. The van der Waals surface area contributed by atoms with Crippen LogP contribution in [0.5, 0.6) is 0 Å². The van der Waals surface area contributed by atoms with Gasteiger partial charge in [0.25, 0.3) is 0 Å². The minimum atomic E-state index is -2.21. The number of aliphatic hydroxyl groups is 3. The van der Waals surface area contributed by atoms with Crippen molar-refractivity contribution in [2.75, 3.05) is 6.61 Å². The van der Waals surface area contributed by atoms with Gasteiger partial charge in [0, 0.05) is 5.92 Å². The van der Waals surface area contributed by atoms with E-state index in [4.69, 9.17) is 27.9 Å². The lowest BCUT2D eigenvalue weighted by atomic mass is 9.59. The van der Waals surface area contributed by atoms with Crippen LogP contribution in [-0.4, -0.2) is 51.5 Å². The molecule has 3 N–H and O–H groups in total. The van der Waals surface area contributed by atoms with Crippen molar-refractivity contribution >= 4 is 35.0 Å². The van der Waals surface area contributed by atoms with Crippen molar-refractivity contribution < 1.29 is 29.6 Å². The van der Waals surface area contributed by atoms with Gasteiger partial charge in [-0.05, 0) is 59.8 Å². The van der Waals surface area contributed by atoms with Gasteiger partial charge >= 0.3 is 5.97 Å². The van der Waals surface area contributed by atoms with Crippen molar-refractivity contribution in [2.45, 2.75) is 51.9 Å². The molecule has 2 saturated carbocycles. The molecule has 2 bridgehead atoms. The van der Waals surface area contributed by atoms with Gasteiger partial charge in [0.15, 0.2) is 17.5 Å². The lowest BCUT2D eigenvalue weighted by Gasteiger charge is -2.48. The van der Waals surface area contributed by atoms with Crippen LogP contribution < -0.4 is 0 Å². The minimum Gasteiger partial charge on any atom is -0.451 e. The van der Waals surface area contributed by atoms with Gasteiger partial charge < -0.3 is 20.1 Å². The number of hydrogen-bond donors (Lipinski definition) is 3. The zero-order valence-electron chi connectivity index (χ0n) is 20.1. The Bertz CT molecular complexity index is 1170. The topological polar surface area (TPSA) is 104 Å². The van der Waals surface area contributed by atoms with Crippen LogP contribution in [0.25, 0.3) is 0 Å². The second-order valence-electron chi connectivity index (χ2n) is 11.2. The van der Waals surface area contributed by atoms with Crippen molar-refractivity contribution in [1.82, 2.24) is 0 Å². The average molecular weight is 521 g/mol. The van der Waals surface area contributed by atoms with Gasteiger partial charge in [-0.25, -0.2) is 4.79 Å². The molecule has 35 heavy (non-hydrogen) atoms. The first-order chi connectivity index (χ1) is 16.3. The second kappa shape index (κ2) is 7.90. The van der Waals surface area contributed by atoms with E-state index in [9.17, 15) is 24.9 Å². The molecule has 0 saturated heterocycles. The van der Waals surface area contributed by atoms with Gasteiger partial charge in [-0.15, -0.1) is 0 Å². The Morgan fingerprint density at radius 1 is 1.23 bits per heavy atom. The van der Waals surface area contributed by atoms with Crippen LogP contribution in [0, 0.1) is 34.5 Å². The fraction of sp³-hybridized carbons (Fsp3) is 0.556. The summed E-state index contributed by atoms with van der Waals surface area (Å²) in [5.41, 5.74) is -3.21. The van der Waals surface area contributed by atoms with E-state index in [1.54, 1.807) is 25.1 Å². The molecule has 6 nitrogen and oxygen atoms in total. The highest BCUT2D eigenvalue weighted by molar-refractivity contribution is 6.39. The standard InChI is InChI=1S/C27H30Cl2O6/c1-12-10-26-13(2)8-16-20(25(16,3)4)15(22(26)32)9-14(11-30)21(31)27(26,34)23(12)35-24(33)19-17(28)6-5-7-18(19)29/h5-7,9-10,13,15-16,20-21,23,30-31,34H,8,11H2,1-4H3/t13-,15+,16-,20+,21-,23+,26-,27+/m1/s1. The SMILES string of the molecule is CC1=C[C@@]23C(=O)[C@@H](C=C(CO)[C@@H](O)[C@]2(O)[C@H]1OC(=O)c1c(Cl)cccc1Cl)[C@H]1[C@@H](C[C@H]3C)C1(C)C. The predicted octanol–water partition coefficient (Wildman–Crippen LogP) is 3.99. The molecule has 0 amide bonds. The van der Waals surface area contributed by atoms with Crippen molar-refractivity contribution in [1.29, 1.82) is 0 Å². The number of Topliss-reactive ketones (excluding diaryl/α,β-unsaturated/α-hetero) is 1. The molecule has 0 aromatic heterocycles. The number of carbonyl (C=O) groups is 2. The third kappa shape index (κ3) is 3.07. The molecule has 8 atom stereocenters. The Morgan fingerprint density at radius 3 is 2.46 bits per heavy atom. The fourth-order valence-electron chi connectivity index (χ4n) is 7.45. The number of rotatable bonds is 3. The summed E-state index contributed by atoms with van der Waals surface area (Å²) < 4.78 is 5.82. The molecule has 0 radical (unpaired) electrons. The average Bonchev–Trinajstić information content (AvgIpc) is 3.27. The molecular weight excluding hydrogens is 491 g/mol. The normalized spacial score (nSPS) is 41.1. The van der Waals surface area contributed by atoms with Gasteiger partial charge in [-0.1, -0.05) is 62.2 Å². The second-order valence-corrected chi connectivity index (χ2v) is 12.1. The third-order valence-electron chi connectivity index (χ3n) is 9.29. The van der Waals surface area contributed by atoms with Gasteiger partial charge in [0.05, 0.1) is 27.6 Å². The number of carbonyl (C=O) groups excluding carboxylic acids is 2. The number of allylic oxidation sites excluding steroid dienone is 1. The summed E-state index contributed by atoms with van der Waals surface area (Å²) in [6.45, 7) is 7.31. The van der Waals surface area contributed by atoms with Gasteiger partial charge in [0.1, 0.15) is 6.10 Å². The first kappa shape index (κ1) is 25.0.